The molecule has 5 aliphatic rings. The van der Waals surface area contributed by atoms with Crippen molar-refractivity contribution in [2.24, 2.45) is 17.8 Å². The van der Waals surface area contributed by atoms with Crippen LogP contribution in [0.5, 0.6) is 5.75 Å². The summed E-state index contributed by atoms with van der Waals surface area (Å²) < 4.78 is 5.82. The summed E-state index contributed by atoms with van der Waals surface area (Å²) in [5.41, 5.74) is 0.985. The highest BCUT2D eigenvalue weighted by Gasteiger charge is 2.61. The molecule has 0 aromatic heterocycles. The van der Waals surface area contributed by atoms with E-state index in [9.17, 15) is 14.4 Å². The molecule has 3 heterocycles. The van der Waals surface area contributed by atoms with E-state index in [1.807, 2.05) is 36.1 Å². The number of carbonyl (C=O) groups excluding carboxylic acids is 3. The smallest absolute Gasteiger partial charge is 0.246 e. The third-order valence-corrected chi connectivity index (χ3v) is 10.4. The third kappa shape index (κ3) is 5.11. The Morgan fingerprint density at radius 2 is 1.82 bits per heavy atom. The van der Waals surface area contributed by atoms with Crippen molar-refractivity contribution in [2.75, 3.05) is 26.7 Å². The molecule has 2 saturated carbocycles. The van der Waals surface area contributed by atoms with Crippen LogP contribution in [0.25, 0.3) is 0 Å². The molecule has 40 heavy (non-hydrogen) atoms. The average molecular weight is 552 g/mol. The van der Waals surface area contributed by atoms with E-state index in [0.29, 0.717) is 44.0 Å². The largest absolute Gasteiger partial charge is 0.493 e. The fourth-order valence-corrected chi connectivity index (χ4v) is 7.88. The molecule has 9 heteroatoms. The first kappa shape index (κ1) is 27.5. The Kier molecular flexibility index (Phi) is 7.79. The minimum atomic E-state index is -0.607. The summed E-state index contributed by atoms with van der Waals surface area (Å²) in [7, 11) is 1.75. The Bertz CT molecular complexity index is 1120. The zero-order valence-electron chi connectivity index (χ0n) is 24.1. The van der Waals surface area contributed by atoms with E-state index < -0.39 is 18.1 Å². The van der Waals surface area contributed by atoms with E-state index in [0.717, 1.165) is 49.8 Å². The van der Waals surface area contributed by atoms with Gasteiger partial charge in [-0.1, -0.05) is 44.4 Å². The van der Waals surface area contributed by atoms with Gasteiger partial charge in [-0.05, 0) is 57.1 Å². The number of carbonyl (C=O) groups is 3. The summed E-state index contributed by atoms with van der Waals surface area (Å²) in [4.78, 5) is 45.9. The number of ether oxygens (including phenoxy) is 1. The van der Waals surface area contributed by atoms with Crippen LogP contribution in [0.15, 0.2) is 24.3 Å². The summed E-state index contributed by atoms with van der Waals surface area (Å²) in [5, 5.41) is 9.42. The third-order valence-electron chi connectivity index (χ3n) is 10.4. The van der Waals surface area contributed by atoms with Gasteiger partial charge in [-0.25, -0.2) is 0 Å². The zero-order valence-corrected chi connectivity index (χ0v) is 24.1. The van der Waals surface area contributed by atoms with Gasteiger partial charge in [0.25, 0.3) is 0 Å². The number of benzene rings is 1. The van der Waals surface area contributed by atoms with Crippen molar-refractivity contribution in [1.82, 2.24) is 25.8 Å². The molecule has 2 aliphatic carbocycles. The van der Waals surface area contributed by atoms with Crippen LogP contribution < -0.4 is 20.7 Å². The zero-order chi connectivity index (χ0) is 28.0. The van der Waals surface area contributed by atoms with Crippen molar-refractivity contribution in [3.8, 4) is 5.75 Å². The van der Waals surface area contributed by atoms with Crippen molar-refractivity contribution >= 4 is 17.7 Å². The Morgan fingerprint density at radius 3 is 2.60 bits per heavy atom. The fraction of sp³-hybridized carbons (Fsp3) is 0.710. The van der Waals surface area contributed by atoms with Gasteiger partial charge in [-0.2, -0.15) is 0 Å². The molecular weight excluding hydrogens is 506 g/mol. The highest BCUT2D eigenvalue weighted by Crippen LogP contribution is 2.54. The van der Waals surface area contributed by atoms with Crippen LogP contribution >= 0.6 is 0 Å². The fourth-order valence-electron chi connectivity index (χ4n) is 7.88. The maximum Gasteiger partial charge on any atom is 0.246 e. The number of piperazine rings is 1. The predicted molar refractivity (Wildman–Crippen MR) is 152 cm³/mol. The van der Waals surface area contributed by atoms with Gasteiger partial charge in [0, 0.05) is 37.2 Å². The van der Waals surface area contributed by atoms with Crippen LogP contribution in [0.4, 0.5) is 0 Å². The van der Waals surface area contributed by atoms with E-state index in [4.69, 9.17) is 4.74 Å². The van der Waals surface area contributed by atoms with Crippen LogP contribution in [0, 0.1) is 17.8 Å². The molecule has 6 rings (SSSR count). The number of likely N-dealkylation sites (N-methyl/N-ethyl adjacent to an activating group) is 1. The highest BCUT2D eigenvalue weighted by molar-refractivity contribution is 5.93. The van der Waals surface area contributed by atoms with Crippen LogP contribution in [-0.4, -0.2) is 84.5 Å². The molecule has 9 nitrogen and oxygen atoms in total. The normalized spacial score (nSPS) is 33.0. The molecule has 1 aromatic rings. The average Bonchev–Trinajstić information content (AvgIpc) is 3.44. The second-order valence-corrected chi connectivity index (χ2v) is 12.7. The number of amides is 3. The Hall–Kier alpha value is -2.65. The van der Waals surface area contributed by atoms with Crippen molar-refractivity contribution in [3.05, 3.63) is 29.8 Å². The molecule has 3 aliphatic heterocycles. The monoisotopic (exact) mass is 551 g/mol. The summed E-state index contributed by atoms with van der Waals surface area (Å²) in [6, 6.07) is 6.92. The van der Waals surface area contributed by atoms with Gasteiger partial charge in [-0.15, -0.1) is 0 Å². The minimum absolute atomic E-state index is 0.0929. The van der Waals surface area contributed by atoms with Crippen molar-refractivity contribution in [1.29, 1.82) is 0 Å². The molecular formula is C31H45N5O4. The number of piperidine rings is 1. The van der Waals surface area contributed by atoms with E-state index in [-0.39, 0.29) is 35.7 Å². The van der Waals surface area contributed by atoms with E-state index in [1.54, 1.807) is 7.05 Å². The van der Waals surface area contributed by atoms with Crippen LogP contribution in [0.1, 0.15) is 70.4 Å². The molecule has 218 valence electrons. The van der Waals surface area contributed by atoms with Gasteiger partial charge in [0.2, 0.25) is 17.7 Å². The second-order valence-electron chi connectivity index (χ2n) is 12.7. The number of fused-ring (bicyclic) bond motifs is 4. The summed E-state index contributed by atoms with van der Waals surface area (Å²) in [6.45, 7) is 5.75. The molecule has 0 unspecified atom stereocenters. The molecule has 0 spiro atoms. The summed E-state index contributed by atoms with van der Waals surface area (Å²) in [6.07, 6.45) is 6.91. The van der Waals surface area contributed by atoms with Crippen LogP contribution in [-0.2, 0) is 14.4 Å². The molecule has 1 aromatic carbocycles. The summed E-state index contributed by atoms with van der Waals surface area (Å²) in [5.74, 6) is 1.85. The number of para-hydroxylation sites is 1. The van der Waals surface area contributed by atoms with E-state index in [1.165, 1.54) is 0 Å². The Balaban J connectivity index is 1.26. The topological polar surface area (TPSA) is 103 Å². The summed E-state index contributed by atoms with van der Waals surface area (Å²) >= 11 is 0. The van der Waals surface area contributed by atoms with Gasteiger partial charge in [0.05, 0.1) is 18.7 Å². The highest BCUT2D eigenvalue weighted by atomic mass is 16.5. The second kappa shape index (κ2) is 11.3. The lowest BCUT2D eigenvalue weighted by Gasteiger charge is -2.46. The lowest BCUT2D eigenvalue weighted by Crippen LogP contribution is -2.67. The predicted octanol–water partition coefficient (Wildman–Crippen LogP) is 2.22. The van der Waals surface area contributed by atoms with Crippen LogP contribution in [0.2, 0.25) is 0 Å². The standard InChI is InChI=1S/C31H45N5O4/c1-18-23-15-21-16-36(31(39)27(20-9-5-4-6-10-20)34-29(37)19(2)32-3)25(17-35(21)28(18)23)30(38)33-24-13-14-40-26-12-8-7-11-22(24)26/h7-8,11-12,18-21,23-25,27-28,32H,4-6,9-10,13-17H2,1-3H3,(H,33,38)(H,34,37)/t18-,19+,21-,23+,24-,25+,27+,28-/m1/s1. The first-order valence-electron chi connectivity index (χ1n) is 15.4. The first-order chi connectivity index (χ1) is 19.4. The number of hydrogen-bond donors (Lipinski definition) is 3. The molecule has 0 bridgehead atoms. The first-order valence-corrected chi connectivity index (χ1v) is 15.4. The Labute approximate surface area is 237 Å². The number of rotatable bonds is 7. The molecule has 3 amide bonds. The lowest BCUT2D eigenvalue weighted by atomic mass is 9.82. The van der Waals surface area contributed by atoms with Gasteiger partial charge in [0.1, 0.15) is 17.8 Å². The molecule has 0 radical (unpaired) electrons. The van der Waals surface area contributed by atoms with Gasteiger partial charge in [-0.3, -0.25) is 19.3 Å². The van der Waals surface area contributed by atoms with Gasteiger partial charge >= 0.3 is 0 Å². The van der Waals surface area contributed by atoms with Crippen molar-refractivity contribution < 1.29 is 19.1 Å². The SMILES string of the molecule is CN[C@@H](C)C(=O)N[C@H](C(=O)N1C[C@H]2C[C@H]3[C@@H](C)[C@H]3N2C[C@H]1C(=O)N[C@@H]1CCOc2ccccc21)C1CCCCC1. The number of hydrogen-bond acceptors (Lipinski definition) is 6. The molecule has 3 N–H and O–H groups in total. The quantitative estimate of drug-likeness (QED) is 0.480. The van der Waals surface area contributed by atoms with Gasteiger partial charge in [0.15, 0.2) is 0 Å². The number of nitrogens with zero attached hydrogens (tertiary/aromatic N) is 2. The lowest BCUT2D eigenvalue weighted by molar-refractivity contribution is -0.150. The van der Waals surface area contributed by atoms with E-state index in [2.05, 4.69) is 27.8 Å². The maximum atomic E-state index is 14.5. The van der Waals surface area contributed by atoms with Crippen LogP contribution in [0.3, 0.4) is 0 Å². The van der Waals surface area contributed by atoms with Crippen molar-refractivity contribution in [3.63, 3.8) is 0 Å². The maximum absolute atomic E-state index is 14.5. The Morgan fingerprint density at radius 1 is 1.05 bits per heavy atom. The minimum Gasteiger partial charge on any atom is -0.493 e. The number of nitrogens with one attached hydrogen (secondary N) is 3. The molecule has 2 saturated heterocycles. The van der Waals surface area contributed by atoms with E-state index >= 15 is 0 Å². The molecule has 8 atom stereocenters. The van der Waals surface area contributed by atoms with Gasteiger partial charge < -0.3 is 25.6 Å². The van der Waals surface area contributed by atoms with Crippen molar-refractivity contribution in [2.45, 2.75) is 95.0 Å². The molecule has 4 fully saturated rings.